The molecule has 4 rings (SSSR count). The molecule has 2 aliphatic rings. The quantitative estimate of drug-likeness (QED) is 0.459. The Morgan fingerprint density at radius 3 is 2.36 bits per heavy atom. The largest absolute Gasteiger partial charge is 0.493 e. The maximum atomic E-state index is 13.8. The third-order valence-electron chi connectivity index (χ3n) is 7.14. The van der Waals surface area contributed by atoms with Crippen molar-refractivity contribution in [3.05, 3.63) is 70.7 Å². The smallest absolute Gasteiger partial charge is 0.315 e. The molecule has 7 heteroatoms. The van der Waals surface area contributed by atoms with Crippen LogP contribution < -0.4 is 9.47 Å². The molecule has 0 fully saturated rings. The van der Waals surface area contributed by atoms with E-state index >= 15 is 0 Å². The van der Waals surface area contributed by atoms with Gasteiger partial charge in [0.1, 0.15) is 11.7 Å². The van der Waals surface area contributed by atoms with Gasteiger partial charge in [-0.1, -0.05) is 25.1 Å². The number of hydrogen-bond acceptors (Lipinski definition) is 6. The zero-order chi connectivity index (χ0) is 26.0. The molecule has 0 N–H and O–H groups in total. The Balaban J connectivity index is 1.76. The molecule has 1 heterocycles. The monoisotopic (exact) mass is 493 g/mol. The highest BCUT2D eigenvalue weighted by Gasteiger charge is 2.45. The Bertz CT molecular complexity index is 1220. The van der Waals surface area contributed by atoms with Crippen LogP contribution in [0, 0.1) is 11.7 Å². The standard InChI is InChI=1S/C29H32FNO5/c1-6-16(2)36-29(33)26-17(3)31-22-13-20(19-9-12-24(34-4)25(15-19)35-5)14-23(32)28(22)27(26)18-7-10-21(30)11-8-18/h7-12,15-16,20,26-27H,6,13-14H2,1-5H3/t16-,20-,26?,27-/m1/s1. The highest BCUT2D eigenvalue weighted by atomic mass is 19.1. The maximum Gasteiger partial charge on any atom is 0.315 e. The molecule has 190 valence electrons. The molecule has 2 aromatic carbocycles. The minimum Gasteiger partial charge on any atom is -0.493 e. The van der Waals surface area contributed by atoms with Crippen LogP contribution in [0.25, 0.3) is 0 Å². The molecule has 0 amide bonds. The molecule has 0 spiro atoms. The second-order valence-electron chi connectivity index (χ2n) is 9.42. The first-order valence-corrected chi connectivity index (χ1v) is 12.3. The number of halogens is 1. The van der Waals surface area contributed by atoms with E-state index in [0.29, 0.717) is 46.9 Å². The summed E-state index contributed by atoms with van der Waals surface area (Å²) in [7, 11) is 3.16. The van der Waals surface area contributed by atoms with Crippen molar-refractivity contribution in [3.8, 4) is 11.5 Å². The molecule has 6 nitrogen and oxygen atoms in total. The number of methoxy groups -OCH3 is 2. The van der Waals surface area contributed by atoms with Crippen molar-refractivity contribution >= 4 is 17.5 Å². The number of allylic oxidation sites excluding steroid dienone is 2. The molecule has 1 aliphatic heterocycles. The van der Waals surface area contributed by atoms with Gasteiger partial charge in [-0.15, -0.1) is 0 Å². The van der Waals surface area contributed by atoms with E-state index in [1.807, 2.05) is 32.0 Å². The SMILES string of the molecule is CC[C@@H](C)OC(=O)C1C(C)=NC2=C(C(=O)C[C@H](c3ccc(OC)c(OC)c3)C2)[C@@H]1c1ccc(F)cc1. The zero-order valence-corrected chi connectivity index (χ0v) is 21.3. The van der Waals surface area contributed by atoms with Crippen LogP contribution in [0.5, 0.6) is 11.5 Å². The third kappa shape index (κ3) is 4.92. The van der Waals surface area contributed by atoms with Crippen molar-refractivity contribution in [3.63, 3.8) is 0 Å². The Morgan fingerprint density at radius 1 is 1.06 bits per heavy atom. The van der Waals surface area contributed by atoms with E-state index in [9.17, 15) is 14.0 Å². The summed E-state index contributed by atoms with van der Waals surface area (Å²) in [6.45, 7) is 5.58. The fourth-order valence-corrected chi connectivity index (χ4v) is 5.09. The van der Waals surface area contributed by atoms with Crippen LogP contribution in [-0.2, 0) is 14.3 Å². The minimum absolute atomic E-state index is 0.0667. The van der Waals surface area contributed by atoms with Gasteiger partial charge in [0.25, 0.3) is 0 Å². The molecule has 36 heavy (non-hydrogen) atoms. The number of nitrogens with zero attached hydrogens (tertiary/aromatic N) is 1. The van der Waals surface area contributed by atoms with Crippen molar-refractivity contribution in [1.82, 2.24) is 0 Å². The average molecular weight is 494 g/mol. The number of Topliss-reactive ketones (excluding diaryl/α,β-unsaturated/α-hetero) is 1. The number of aliphatic imine (C=N–C) groups is 1. The number of ether oxygens (including phenoxy) is 3. The lowest BCUT2D eigenvalue weighted by Crippen LogP contribution is -2.39. The number of benzene rings is 2. The lowest BCUT2D eigenvalue weighted by atomic mass is 9.69. The topological polar surface area (TPSA) is 74.2 Å². The van der Waals surface area contributed by atoms with Crippen molar-refractivity contribution in [2.75, 3.05) is 14.2 Å². The predicted octanol–water partition coefficient (Wildman–Crippen LogP) is 5.76. The summed E-state index contributed by atoms with van der Waals surface area (Å²) < 4.78 is 30.2. The van der Waals surface area contributed by atoms with Gasteiger partial charge in [0.05, 0.1) is 20.3 Å². The minimum atomic E-state index is -0.746. The highest BCUT2D eigenvalue weighted by molar-refractivity contribution is 6.09. The third-order valence-corrected chi connectivity index (χ3v) is 7.14. The van der Waals surface area contributed by atoms with Crippen LogP contribution in [0.1, 0.15) is 63.0 Å². The Hall–Kier alpha value is -3.48. The average Bonchev–Trinajstić information content (AvgIpc) is 2.87. The second kappa shape index (κ2) is 10.6. The summed E-state index contributed by atoms with van der Waals surface area (Å²) in [5.41, 5.74) is 3.44. The summed E-state index contributed by atoms with van der Waals surface area (Å²) in [6.07, 6.45) is 1.23. The Morgan fingerprint density at radius 2 is 1.72 bits per heavy atom. The zero-order valence-electron chi connectivity index (χ0n) is 21.3. The molecular weight excluding hydrogens is 461 g/mol. The van der Waals surface area contributed by atoms with Crippen LogP contribution >= 0.6 is 0 Å². The van der Waals surface area contributed by atoms with Crippen LogP contribution in [0.3, 0.4) is 0 Å². The molecule has 0 bridgehead atoms. The van der Waals surface area contributed by atoms with Gasteiger partial charge in [0, 0.05) is 29.3 Å². The lowest BCUT2D eigenvalue weighted by molar-refractivity contribution is -0.151. The Kier molecular flexibility index (Phi) is 7.57. The summed E-state index contributed by atoms with van der Waals surface area (Å²) in [4.78, 5) is 31.8. The number of carbonyl (C=O) groups excluding carboxylic acids is 2. The molecular formula is C29H32FNO5. The molecule has 4 atom stereocenters. The molecule has 1 unspecified atom stereocenters. The predicted molar refractivity (Wildman–Crippen MR) is 135 cm³/mol. The number of ketones is 1. The highest BCUT2D eigenvalue weighted by Crippen LogP contribution is 2.47. The van der Waals surface area contributed by atoms with E-state index in [4.69, 9.17) is 19.2 Å². The first kappa shape index (κ1) is 25.6. The van der Waals surface area contributed by atoms with Crippen molar-refractivity contribution in [1.29, 1.82) is 0 Å². The molecule has 0 aromatic heterocycles. The van der Waals surface area contributed by atoms with Crippen molar-refractivity contribution in [2.45, 2.75) is 58.0 Å². The molecule has 0 saturated carbocycles. The van der Waals surface area contributed by atoms with Gasteiger partial charge in [-0.2, -0.15) is 0 Å². The summed E-state index contributed by atoms with van der Waals surface area (Å²) in [5, 5.41) is 0. The summed E-state index contributed by atoms with van der Waals surface area (Å²) >= 11 is 0. The number of carbonyl (C=O) groups is 2. The second-order valence-corrected chi connectivity index (χ2v) is 9.42. The maximum absolute atomic E-state index is 13.8. The molecule has 1 aliphatic carbocycles. The van der Waals surface area contributed by atoms with Gasteiger partial charge in [0.2, 0.25) is 0 Å². The first-order valence-electron chi connectivity index (χ1n) is 12.3. The molecule has 0 radical (unpaired) electrons. The van der Waals surface area contributed by atoms with Crippen molar-refractivity contribution < 1.29 is 28.2 Å². The summed E-state index contributed by atoms with van der Waals surface area (Å²) in [6, 6.07) is 11.7. The van der Waals surface area contributed by atoms with Crippen LogP contribution in [-0.4, -0.2) is 37.8 Å². The summed E-state index contributed by atoms with van der Waals surface area (Å²) in [5.74, 6) is -1.06. The van der Waals surface area contributed by atoms with Crippen molar-refractivity contribution in [2.24, 2.45) is 10.9 Å². The van der Waals surface area contributed by atoms with Gasteiger partial charge in [-0.25, -0.2) is 4.39 Å². The molecule has 2 aromatic rings. The first-order chi connectivity index (χ1) is 17.3. The van der Waals surface area contributed by atoms with E-state index in [2.05, 4.69) is 0 Å². The van der Waals surface area contributed by atoms with Gasteiger partial charge < -0.3 is 14.2 Å². The van der Waals surface area contributed by atoms with Gasteiger partial charge in [-0.05, 0) is 68.0 Å². The van der Waals surface area contributed by atoms with E-state index in [0.717, 1.165) is 5.56 Å². The van der Waals surface area contributed by atoms with Crippen LogP contribution in [0.4, 0.5) is 4.39 Å². The van der Waals surface area contributed by atoms with E-state index in [-0.39, 0.29) is 30.0 Å². The van der Waals surface area contributed by atoms with E-state index in [1.54, 1.807) is 33.3 Å². The van der Waals surface area contributed by atoms with Crippen LogP contribution in [0.15, 0.2) is 58.7 Å². The van der Waals surface area contributed by atoms with E-state index < -0.39 is 17.8 Å². The number of hydrogen-bond donors (Lipinski definition) is 0. The normalized spacial score (nSPS) is 22.4. The lowest BCUT2D eigenvalue weighted by Gasteiger charge is -2.37. The van der Waals surface area contributed by atoms with Gasteiger partial charge >= 0.3 is 5.97 Å². The number of esters is 1. The van der Waals surface area contributed by atoms with Crippen LogP contribution in [0.2, 0.25) is 0 Å². The fourth-order valence-electron chi connectivity index (χ4n) is 5.09. The fraction of sp³-hybridized carbons (Fsp3) is 0.414. The van der Waals surface area contributed by atoms with Gasteiger partial charge in [0.15, 0.2) is 17.3 Å². The Labute approximate surface area is 211 Å². The molecule has 0 saturated heterocycles. The van der Waals surface area contributed by atoms with Gasteiger partial charge in [-0.3, -0.25) is 14.6 Å². The number of rotatable bonds is 7. The van der Waals surface area contributed by atoms with E-state index in [1.165, 1.54) is 12.1 Å².